The zero-order valence-electron chi connectivity index (χ0n) is 16.2. The Morgan fingerprint density at radius 1 is 1.21 bits per heavy atom. The Labute approximate surface area is 174 Å². The molecule has 4 rings (SSSR count). The van der Waals surface area contributed by atoms with Gasteiger partial charge in [-0.05, 0) is 42.3 Å². The van der Waals surface area contributed by atoms with Crippen LogP contribution in [0.1, 0.15) is 11.1 Å². The lowest BCUT2D eigenvalue weighted by molar-refractivity contribution is -0.117. The molecule has 2 aliphatic heterocycles. The number of aryl methyl sites for hydroxylation is 1. The molecule has 2 aromatic rings. The molecule has 0 unspecified atom stereocenters. The van der Waals surface area contributed by atoms with Crippen molar-refractivity contribution in [3.63, 3.8) is 0 Å². The molecule has 2 atom stereocenters. The normalized spacial score (nSPS) is 23.9. The van der Waals surface area contributed by atoms with Crippen LogP contribution < -0.4 is 9.64 Å². The summed E-state index contributed by atoms with van der Waals surface area (Å²) < 4.78 is 29.4. The molecule has 0 spiro atoms. The van der Waals surface area contributed by atoms with Gasteiger partial charge in [-0.25, -0.2) is 8.42 Å². The maximum absolute atomic E-state index is 12.6. The van der Waals surface area contributed by atoms with E-state index in [2.05, 4.69) is 4.99 Å². The topological polar surface area (TPSA) is 76.0 Å². The first-order valence-corrected chi connectivity index (χ1v) is 12.0. The van der Waals surface area contributed by atoms with Crippen LogP contribution in [-0.2, 0) is 21.1 Å². The third kappa shape index (κ3) is 4.33. The highest BCUT2D eigenvalue weighted by molar-refractivity contribution is 8.16. The van der Waals surface area contributed by atoms with E-state index in [0.29, 0.717) is 5.17 Å². The molecular formula is C21H22N2O4S2. The summed E-state index contributed by atoms with van der Waals surface area (Å²) in [7, 11) is -1.48. The van der Waals surface area contributed by atoms with E-state index < -0.39 is 9.84 Å². The number of hydrogen-bond donors (Lipinski definition) is 0. The maximum Gasteiger partial charge on any atom is 0.252 e. The molecule has 2 fully saturated rings. The van der Waals surface area contributed by atoms with E-state index >= 15 is 0 Å². The minimum Gasteiger partial charge on any atom is -0.497 e. The summed E-state index contributed by atoms with van der Waals surface area (Å²) in [5, 5.41) is 0.479. The Morgan fingerprint density at radius 3 is 2.66 bits per heavy atom. The van der Waals surface area contributed by atoms with Crippen molar-refractivity contribution >= 4 is 38.4 Å². The van der Waals surface area contributed by atoms with E-state index in [-0.39, 0.29) is 35.1 Å². The van der Waals surface area contributed by atoms with Gasteiger partial charge in [0.1, 0.15) is 5.75 Å². The summed E-state index contributed by atoms with van der Waals surface area (Å²) >= 11 is 1.39. The number of aliphatic imine (C=N–C) groups is 1. The smallest absolute Gasteiger partial charge is 0.252 e. The number of methoxy groups -OCH3 is 1. The van der Waals surface area contributed by atoms with E-state index in [1.54, 1.807) is 7.11 Å². The van der Waals surface area contributed by atoms with Gasteiger partial charge in [0.25, 0.3) is 5.91 Å². The SMILES string of the molecule is COc1ccc(CC(=O)N=C2S[C@H]3CS(=O)(=O)C[C@H]3N2c2cccc(C)c2)cc1. The van der Waals surface area contributed by atoms with Gasteiger partial charge in [-0.1, -0.05) is 36.0 Å². The second-order valence-electron chi connectivity index (χ2n) is 7.32. The van der Waals surface area contributed by atoms with Crippen LogP contribution in [0.5, 0.6) is 5.75 Å². The van der Waals surface area contributed by atoms with Gasteiger partial charge in [0, 0.05) is 10.9 Å². The Balaban J connectivity index is 1.61. The Bertz CT molecular complexity index is 1060. The number of fused-ring (bicyclic) bond motifs is 1. The standard InChI is InChI=1S/C21H22N2O4S2/c1-14-4-3-5-16(10-14)23-18-12-29(25,26)13-19(18)28-21(23)22-20(24)11-15-6-8-17(27-2)9-7-15/h3-10,18-19H,11-13H2,1-2H3/t18-,19+/m1/s1. The van der Waals surface area contributed by atoms with Gasteiger partial charge < -0.3 is 9.64 Å². The lowest BCUT2D eigenvalue weighted by Gasteiger charge is -2.24. The monoisotopic (exact) mass is 430 g/mol. The van der Waals surface area contributed by atoms with Gasteiger partial charge in [0.05, 0.1) is 31.1 Å². The van der Waals surface area contributed by atoms with Crippen LogP contribution in [0.4, 0.5) is 5.69 Å². The highest BCUT2D eigenvalue weighted by Crippen LogP contribution is 2.41. The molecule has 8 heteroatoms. The van der Waals surface area contributed by atoms with Crippen molar-refractivity contribution in [1.29, 1.82) is 0 Å². The number of rotatable bonds is 4. The van der Waals surface area contributed by atoms with Gasteiger partial charge in [-0.15, -0.1) is 0 Å². The van der Waals surface area contributed by atoms with Gasteiger partial charge in [-0.2, -0.15) is 4.99 Å². The summed E-state index contributed by atoms with van der Waals surface area (Å²) in [6, 6.07) is 15.0. The van der Waals surface area contributed by atoms with Gasteiger partial charge >= 0.3 is 0 Å². The van der Waals surface area contributed by atoms with E-state index in [4.69, 9.17) is 4.74 Å². The molecule has 6 nitrogen and oxygen atoms in total. The fourth-order valence-corrected chi connectivity index (χ4v) is 7.64. The first kappa shape index (κ1) is 20.0. The fraction of sp³-hybridized carbons (Fsp3) is 0.333. The van der Waals surface area contributed by atoms with Crippen molar-refractivity contribution in [2.45, 2.75) is 24.6 Å². The predicted octanol–water partition coefficient (Wildman–Crippen LogP) is 2.85. The van der Waals surface area contributed by atoms with E-state index in [1.807, 2.05) is 60.4 Å². The average Bonchev–Trinajstić information content (AvgIpc) is 3.12. The second kappa shape index (κ2) is 7.84. The summed E-state index contributed by atoms with van der Waals surface area (Å²) in [5.41, 5.74) is 2.80. The van der Waals surface area contributed by atoms with Crippen LogP contribution in [0.2, 0.25) is 0 Å². The second-order valence-corrected chi connectivity index (χ2v) is 10.7. The average molecular weight is 431 g/mol. The number of nitrogens with zero attached hydrogens (tertiary/aromatic N) is 2. The Kier molecular flexibility index (Phi) is 5.40. The summed E-state index contributed by atoms with van der Waals surface area (Å²) in [6.07, 6.45) is 0.184. The first-order chi connectivity index (χ1) is 13.8. The van der Waals surface area contributed by atoms with Crippen LogP contribution in [0.15, 0.2) is 53.5 Å². The number of carbonyl (C=O) groups excluding carboxylic acids is 1. The Morgan fingerprint density at radius 2 is 1.97 bits per heavy atom. The van der Waals surface area contributed by atoms with Gasteiger partial charge in [0.2, 0.25) is 0 Å². The minimum absolute atomic E-state index is 0.0876. The quantitative estimate of drug-likeness (QED) is 0.743. The van der Waals surface area contributed by atoms with E-state index in [1.165, 1.54) is 11.8 Å². The van der Waals surface area contributed by atoms with Crippen LogP contribution in [0, 0.1) is 6.92 Å². The third-order valence-electron chi connectivity index (χ3n) is 5.08. The summed E-state index contributed by atoms with van der Waals surface area (Å²) in [6.45, 7) is 1.99. The fourth-order valence-electron chi connectivity index (χ4n) is 3.71. The number of benzene rings is 2. The zero-order valence-corrected chi connectivity index (χ0v) is 17.9. The molecule has 2 aliphatic rings. The van der Waals surface area contributed by atoms with Crippen LogP contribution in [0.25, 0.3) is 0 Å². The van der Waals surface area contributed by atoms with Gasteiger partial charge in [-0.3, -0.25) is 4.79 Å². The van der Waals surface area contributed by atoms with Crippen LogP contribution >= 0.6 is 11.8 Å². The number of amidine groups is 1. The number of thioether (sulfide) groups is 1. The van der Waals surface area contributed by atoms with Crippen molar-refractivity contribution in [1.82, 2.24) is 0 Å². The molecule has 29 heavy (non-hydrogen) atoms. The molecule has 1 amide bonds. The molecule has 0 aliphatic carbocycles. The molecule has 152 valence electrons. The van der Waals surface area contributed by atoms with Crippen molar-refractivity contribution in [3.05, 3.63) is 59.7 Å². The molecule has 0 saturated carbocycles. The number of hydrogen-bond acceptors (Lipinski definition) is 5. The highest BCUT2D eigenvalue weighted by atomic mass is 32.2. The lowest BCUT2D eigenvalue weighted by Crippen LogP contribution is -2.37. The van der Waals surface area contributed by atoms with E-state index in [0.717, 1.165) is 22.6 Å². The van der Waals surface area contributed by atoms with Crippen molar-refractivity contribution in [2.24, 2.45) is 4.99 Å². The third-order valence-corrected chi connectivity index (χ3v) is 8.29. The van der Waals surface area contributed by atoms with Crippen LogP contribution in [-0.4, -0.2) is 49.4 Å². The number of carbonyl (C=O) groups is 1. The van der Waals surface area contributed by atoms with E-state index in [9.17, 15) is 13.2 Å². The molecule has 2 heterocycles. The molecule has 0 bridgehead atoms. The molecular weight excluding hydrogens is 408 g/mol. The summed E-state index contributed by atoms with van der Waals surface area (Å²) in [4.78, 5) is 18.9. The van der Waals surface area contributed by atoms with Crippen LogP contribution in [0.3, 0.4) is 0 Å². The number of sulfone groups is 1. The largest absolute Gasteiger partial charge is 0.497 e. The Hall–Kier alpha value is -2.32. The highest BCUT2D eigenvalue weighted by Gasteiger charge is 2.49. The molecule has 2 aromatic carbocycles. The van der Waals surface area contributed by atoms with Gasteiger partial charge in [0.15, 0.2) is 15.0 Å². The number of ether oxygens (including phenoxy) is 1. The predicted molar refractivity (Wildman–Crippen MR) is 117 cm³/mol. The van der Waals surface area contributed by atoms with Crippen molar-refractivity contribution < 1.29 is 17.9 Å². The zero-order chi connectivity index (χ0) is 20.6. The molecule has 2 saturated heterocycles. The maximum atomic E-state index is 12.6. The molecule has 0 aromatic heterocycles. The number of amides is 1. The minimum atomic E-state index is -3.08. The lowest BCUT2D eigenvalue weighted by atomic mass is 10.1. The molecule has 0 N–H and O–H groups in total. The molecule has 0 radical (unpaired) electrons. The first-order valence-electron chi connectivity index (χ1n) is 9.32. The number of anilines is 1. The summed E-state index contributed by atoms with van der Waals surface area (Å²) in [5.74, 6) is 0.692. The van der Waals surface area contributed by atoms with Crippen molar-refractivity contribution in [3.8, 4) is 5.75 Å². The van der Waals surface area contributed by atoms with Crippen molar-refractivity contribution in [2.75, 3.05) is 23.5 Å².